The van der Waals surface area contributed by atoms with Crippen molar-refractivity contribution in [3.05, 3.63) is 22.4 Å². The van der Waals surface area contributed by atoms with Gasteiger partial charge in [0.15, 0.2) is 0 Å². The number of rotatable bonds is 2. The van der Waals surface area contributed by atoms with E-state index < -0.39 is 0 Å². The third-order valence-corrected chi connectivity index (χ3v) is 4.09. The number of likely N-dealkylation sites (tertiary alicyclic amines) is 1. The van der Waals surface area contributed by atoms with Gasteiger partial charge in [-0.15, -0.1) is 11.3 Å². The number of thiophene rings is 1. The van der Waals surface area contributed by atoms with Crippen LogP contribution in [0, 0.1) is 0 Å². The summed E-state index contributed by atoms with van der Waals surface area (Å²) >= 11 is 1.83. The molecule has 0 aromatic carbocycles. The van der Waals surface area contributed by atoms with Gasteiger partial charge in [0.25, 0.3) is 0 Å². The maximum atomic E-state index is 11.6. The molecule has 0 saturated carbocycles. The number of urea groups is 1. The molecular weight excluding hydrogens is 220 g/mol. The summed E-state index contributed by atoms with van der Waals surface area (Å²) in [5.41, 5.74) is 0. The molecular formula is C12H18N2OS. The molecule has 1 aliphatic heterocycles. The largest absolute Gasteiger partial charge is 0.338 e. The van der Waals surface area contributed by atoms with Gasteiger partial charge in [0.2, 0.25) is 0 Å². The first kappa shape index (κ1) is 11.5. The average Bonchev–Trinajstić information content (AvgIpc) is 2.83. The number of hydrogen-bond acceptors (Lipinski definition) is 2. The normalized spacial score (nSPS) is 17.4. The highest BCUT2D eigenvalue weighted by Crippen LogP contribution is 2.30. The van der Waals surface area contributed by atoms with E-state index in [1.165, 1.54) is 4.88 Å². The summed E-state index contributed by atoms with van der Waals surface area (Å²) in [5, 5.41) is 4.98. The SMILES string of the molecule is CCNC(=O)N1CCC(c2cccs2)CC1. The Hall–Kier alpha value is -1.03. The van der Waals surface area contributed by atoms with Gasteiger partial charge in [-0.1, -0.05) is 6.07 Å². The molecule has 0 bridgehead atoms. The molecule has 0 radical (unpaired) electrons. The van der Waals surface area contributed by atoms with Crippen LogP contribution in [0.5, 0.6) is 0 Å². The second-order valence-electron chi connectivity index (χ2n) is 4.11. The van der Waals surface area contributed by atoms with E-state index in [1.54, 1.807) is 0 Å². The van der Waals surface area contributed by atoms with Crippen LogP contribution in [0.15, 0.2) is 17.5 Å². The third kappa shape index (κ3) is 2.55. The van der Waals surface area contributed by atoms with Gasteiger partial charge >= 0.3 is 6.03 Å². The van der Waals surface area contributed by atoms with Crippen molar-refractivity contribution < 1.29 is 4.79 Å². The molecule has 4 heteroatoms. The predicted octanol–water partition coefficient (Wildman–Crippen LogP) is 2.66. The maximum Gasteiger partial charge on any atom is 0.317 e. The summed E-state index contributed by atoms with van der Waals surface area (Å²) in [6, 6.07) is 4.40. The second kappa shape index (κ2) is 5.34. The summed E-state index contributed by atoms with van der Waals surface area (Å²) in [4.78, 5) is 15.0. The fourth-order valence-electron chi connectivity index (χ4n) is 2.15. The predicted molar refractivity (Wildman–Crippen MR) is 66.9 cm³/mol. The average molecular weight is 238 g/mol. The smallest absolute Gasteiger partial charge is 0.317 e. The Morgan fingerprint density at radius 2 is 2.31 bits per heavy atom. The Kier molecular flexibility index (Phi) is 3.83. The van der Waals surface area contributed by atoms with Crippen LogP contribution in [0.1, 0.15) is 30.6 Å². The Labute approximate surface area is 100 Å². The first-order valence-corrected chi connectivity index (χ1v) is 6.75. The van der Waals surface area contributed by atoms with Crippen LogP contribution in [-0.4, -0.2) is 30.6 Å². The Balaban J connectivity index is 1.85. The van der Waals surface area contributed by atoms with Crippen LogP contribution in [0.2, 0.25) is 0 Å². The molecule has 88 valence electrons. The minimum absolute atomic E-state index is 0.0899. The molecule has 1 aromatic rings. The number of carbonyl (C=O) groups excluding carboxylic acids is 1. The highest BCUT2D eigenvalue weighted by molar-refractivity contribution is 7.10. The first-order valence-electron chi connectivity index (χ1n) is 5.87. The lowest BCUT2D eigenvalue weighted by atomic mass is 9.95. The van der Waals surface area contributed by atoms with Crippen molar-refractivity contribution in [3.8, 4) is 0 Å². The number of hydrogen-bond donors (Lipinski definition) is 1. The summed E-state index contributed by atoms with van der Waals surface area (Å²) in [6.45, 7) is 4.43. The molecule has 0 aliphatic carbocycles. The molecule has 1 saturated heterocycles. The fraction of sp³-hybridized carbons (Fsp3) is 0.583. The van der Waals surface area contributed by atoms with Gasteiger partial charge in [0.1, 0.15) is 0 Å². The molecule has 2 amide bonds. The number of carbonyl (C=O) groups is 1. The van der Waals surface area contributed by atoms with Gasteiger partial charge < -0.3 is 10.2 Å². The molecule has 0 spiro atoms. The van der Waals surface area contributed by atoms with Crippen molar-refractivity contribution in [2.45, 2.75) is 25.7 Å². The summed E-state index contributed by atoms with van der Waals surface area (Å²) in [7, 11) is 0. The van der Waals surface area contributed by atoms with Crippen molar-refractivity contribution >= 4 is 17.4 Å². The van der Waals surface area contributed by atoms with Crippen LogP contribution >= 0.6 is 11.3 Å². The van der Waals surface area contributed by atoms with Crippen LogP contribution < -0.4 is 5.32 Å². The Morgan fingerprint density at radius 1 is 1.56 bits per heavy atom. The molecule has 2 heterocycles. The minimum Gasteiger partial charge on any atom is -0.338 e. The zero-order valence-corrected chi connectivity index (χ0v) is 10.4. The van der Waals surface area contributed by atoms with Gasteiger partial charge in [0, 0.05) is 24.5 Å². The van der Waals surface area contributed by atoms with Crippen LogP contribution in [-0.2, 0) is 0 Å². The summed E-state index contributed by atoms with van der Waals surface area (Å²) in [5.74, 6) is 0.658. The van der Waals surface area contributed by atoms with E-state index in [0.29, 0.717) is 12.5 Å². The van der Waals surface area contributed by atoms with Crippen LogP contribution in [0.4, 0.5) is 4.79 Å². The summed E-state index contributed by atoms with van der Waals surface area (Å²) < 4.78 is 0. The molecule has 1 N–H and O–H groups in total. The van der Waals surface area contributed by atoms with Crippen LogP contribution in [0.3, 0.4) is 0 Å². The molecule has 2 rings (SSSR count). The highest BCUT2D eigenvalue weighted by atomic mass is 32.1. The van der Waals surface area contributed by atoms with Crippen molar-refractivity contribution in [1.82, 2.24) is 10.2 Å². The standard InChI is InChI=1S/C12H18N2OS/c1-2-13-12(15)14-7-5-10(6-8-14)11-4-3-9-16-11/h3-4,9-10H,2,5-8H2,1H3,(H,13,15). The van der Waals surface area contributed by atoms with E-state index in [1.807, 2.05) is 23.2 Å². The Morgan fingerprint density at radius 3 is 2.88 bits per heavy atom. The summed E-state index contributed by atoms with van der Waals surface area (Å²) in [6.07, 6.45) is 2.19. The fourth-order valence-corrected chi connectivity index (χ4v) is 3.05. The molecule has 3 nitrogen and oxygen atoms in total. The highest BCUT2D eigenvalue weighted by Gasteiger charge is 2.23. The third-order valence-electron chi connectivity index (χ3n) is 3.06. The van der Waals surface area contributed by atoms with Crippen molar-refractivity contribution in [3.63, 3.8) is 0 Å². The first-order chi connectivity index (χ1) is 7.81. The molecule has 16 heavy (non-hydrogen) atoms. The number of nitrogens with one attached hydrogen (secondary N) is 1. The van der Waals surface area contributed by atoms with E-state index in [-0.39, 0.29) is 6.03 Å². The van der Waals surface area contributed by atoms with Crippen molar-refractivity contribution in [2.24, 2.45) is 0 Å². The van der Waals surface area contributed by atoms with Crippen molar-refractivity contribution in [2.75, 3.05) is 19.6 Å². The zero-order valence-electron chi connectivity index (χ0n) is 9.61. The van der Waals surface area contributed by atoms with Crippen molar-refractivity contribution in [1.29, 1.82) is 0 Å². The number of piperidine rings is 1. The van der Waals surface area contributed by atoms with Gasteiger partial charge in [-0.3, -0.25) is 0 Å². The van der Waals surface area contributed by atoms with E-state index in [9.17, 15) is 4.79 Å². The lowest BCUT2D eigenvalue weighted by Crippen LogP contribution is -2.43. The molecule has 1 aliphatic rings. The number of amides is 2. The maximum absolute atomic E-state index is 11.6. The zero-order chi connectivity index (χ0) is 11.4. The van der Waals surface area contributed by atoms with Gasteiger partial charge in [-0.25, -0.2) is 4.79 Å². The van der Waals surface area contributed by atoms with E-state index in [2.05, 4.69) is 22.8 Å². The van der Waals surface area contributed by atoms with E-state index >= 15 is 0 Å². The Bertz CT molecular complexity index is 329. The molecule has 0 unspecified atom stereocenters. The molecule has 1 aromatic heterocycles. The van der Waals surface area contributed by atoms with E-state index in [4.69, 9.17) is 0 Å². The minimum atomic E-state index is 0.0899. The monoisotopic (exact) mass is 238 g/mol. The quantitative estimate of drug-likeness (QED) is 0.844. The van der Waals surface area contributed by atoms with E-state index in [0.717, 1.165) is 25.9 Å². The second-order valence-corrected chi connectivity index (χ2v) is 5.09. The molecule has 0 atom stereocenters. The van der Waals surface area contributed by atoms with Gasteiger partial charge in [0.05, 0.1) is 0 Å². The van der Waals surface area contributed by atoms with Crippen LogP contribution in [0.25, 0.3) is 0 Å². The lowest BCUT2D eigenvalue weighted by Gasteiger charge is -2.31. The lowest BCUT2D eigenvalue weighted by molar-refractivity contribution is 0.182. The van der Waals surface area contributed by atoms with Gasteiger partial charge in [-0.2, -0.15) is 0 Å². The van der Waals surface area contributed by atoms with Gasteiger partial charge in [-0.05, 0) is 37.1 Å². The molecule has 1 fully saturated rings. The number of nitrogens with zero attached hydrogens (tertiary/aromatic N) is 1. The topological polar surface area (TPSA) is 32.3 Å².